The molecule has 1 aliphatic rings. The van der Waals surface area contributed by atoms with Crippen LogP contribution < -0.4 is 4.74 Å². The predicted molar refractivity (Wildman–Crippen MR) is 96.9 cm³/mol. The molecule has 2 aromatic rings. The number of carbonyl (C=O) groups is 1. The number of hydrogen-bond donors (Lipinski definition) is 0. The Bertz CT molecular complexity index is 775. The van der Waals surface area contributed by atoms with E-state index in [1.54, 1.807) is 11.0 Å². The third kappa shape index (κ3) is 4.49. The highest BCUT2D eigenvalue weighted by Crippen LogP contribution is 2.22. The van der Waals surface area contributed by atoms with E-state index in [0.717, 1.165) is 24.2 Å². The third-order valence-electron chi connectivity index (χ3n) is 4.35. The molecule has 1 fully saturated rings. The van der Waals surface area contributed by atoms with Crippen LogP contribution in [0.2, 0.25) is 5.02 Å². The van der Waals surface area contributed by atoms with Crippen molar-refractivity contribution in [3.63, 3.8) is 0 Å². The van der Waals surface area contributed by atoms with Crippen molar-refractivity contribution in [2.75, 3.05) is 13.1 Å². The molecule has 138 valence electrons. The maximum Gasteiger partial charge on any atom is 0.317 e. The van der Waals surface area contributed by atoms with E-state index in [1.807, 2.05) is 19.9 Å². The molecule has 0 spiro atoms. The van der Waals surface area contributed by atoms with Crippen molar-refractivity contribution in [3.8, 4) is 6.01 Å². The van der Waals surface area contributed by atoms with Crippen molar-refractivity contribution in [2.45, 2.75) is 39.2 Å². The van der Waals surface area contributed by atoms with Crippen molar-refractivity contribution < 1.29 is 13.9 Å². The molecule has 0 radical (unpaired) electrons. The third-order valence-corrected chi connectivity index (χ3v) is 4.71. The van der Waals surface area contributed by atoms with Crippen molar-refractivity contribution in [3.05, 3.63) is 52.1 Å². The molecular formula is C19H21ClFN3O2. The van der Waals surface area contributed by atoms with Gasteiger partial charge in [0.15, 0.2) is 0 Å². The quantitative estimate of drug-likeness (QED) is 0.818. The molecule has 26 heavy (non-hydrogen) atoms. The highest BCUT2D eigenvalue weighted by atomic mass is 35.5. The molecule has 1 aromatic carbocycles. The van der Waals surface area contributed by atoms with Crippen LogP contribution >= 0.6 is 11.6 Å². The molecular weight excluding hydrogens is 357 g/mol. The molecule has 1 aliphatic heterocycles. The van der Waals surface area contributed by atoms with Gasteiger partial charge in [-0.25, -0.2) is 14.4 Å². The molecule has 1 atom stereocenters. The summed E-state index contributed by atoms with van der Waals surface area (Å²) < 4.78 is 19.8. The minimum absolute atomic E-state index is 0.0573. The lowest BCUT2D eigenvalue weighted by Crippen LogP contribution is -2.45. The van der Waals surface area contributed by atoms with Gasteiger partial charge >= 0.3 is 6.01 Å². The van der Waals surface area contributed by atoms with E-state index in [9.17, 15) is 9.18 Å². The molecule has 1 unspecified atom stereocenters. The van der Waals surface area contributed by atoms with Crippen LogP contribution in [0, 0.1) is 19.7 Å². The van der Waals surface area contributed by atoms with Gasteiger partial charge in [0.05, 0.1) is 13.0 Å². The summed E-state index contributed by atoms with van der Waals surface area (Å²) in [6.45, 7) is 4.83. The fourth-order valence-electron chi connectivity index (χ4n) is 3.12. The summed E-state index contributed by atoms with van der Waals surface area (Å²) in [6.07, 6.45) is 1.40. The zero-order valence-corrected chi connectivity index (χ0v) is 15.6. The molecule has 1 amide bonds. The Balaban J connectivity index is 1.65. The highest BCUT2D eigenvalue weighted by molar-refractivity contribution is 6.31. The van der Waals surface area contributed by atoms with Crippen molar-refractivity contribution in [2.24, 2.45) is 0 Å². The smallest absolute Gasteiger partial charge is 0.317 e. The van der Waals surface area contributed by atoms with Crippen molar-refractivity contribution >= 4 is 17.5 Å². The average molecular weight is 378 g/mol. The number of amides is 1. The largest absolute Gasteiger partial charge is 0.458 e. The second-order valence-corrected chi connectivity index (χ2v) is 6.94. The Kier molecular flexibility index (Phi) is 5.71. The van der Waals surface area contributed by atoms with Crippen molar-refractivity contribution in [1.29, 1.82) is 0 Å². The van der Waals surface area contributed by atoms with Gasteiger partial charge in [-0.1, -0.05) is 17.7 Å². The molecule has 0 N–H and O–H groups in total. The van der Waals surface area contributed by atoms with Gasteiger partial charge in [-0.3, -0.25) is 4.79 Å². The normalized spacial score (nSPS) is 17.2. The van der Waals surface area contributed by atoms with Gasteiger partial charge in [-0.05, 0) is 44.9 Å². The van der Waals surface area contributed by atoms with Gasteiger partial charge < -0.3 is 9.64 Å². The van der Waals surface area contributed by atoms with E-state index in [4.69, 9.17) is 16.3 Å². The van der Waals surface area contributed by atoms with Crippen LogP contribution in [0.5, 0.6) is 6.01 Å². The van der Waals surface area contributed by atoms with Crippen LogP contribution in [0.25, 0.3) is 0 Å². The monoisotopic (exact) mass is 377 g/mol. The minimum Gasteiger partial charge on any atom is -0.458 e. The number of aromatic nitrogens is 2. The molecule has 0 aliphatic carbocycles. The number of carbonyl (C=O) groups excluding carboxylic acids is 1. The molecule has 2 heterocycles. The molecule has 0 saturated carbocycles. The van der Waals surface area contributed by atoms with Gasteiger partial charge in [-0.15, -0.1) is 0 Å². The first-order valence-electron chi connectivity index (χ1n) is 8.62. The molecule has 1 aromatic heterocycles. The van der Waals surface area contributed by atoms with E-state index in [0.29, 0.717) is 19.1 Å². The van der Waals surface area contributed by atoms with Crippen LogP contribution in [0.4, 0.5) is 4.39 Å². The summed E-state index contributed by atoms with van der Waals surface area (Å²) >= 11 is 6.03. The second kappa shape index (κ2) is 7.99. The number of halogens is 2. The molecule has 1 saturated heterocycles. The molecule has 5 nitrogen and oxygen atoms in total. The molecule has 3 rings (SSSR count). The lowest BCUT2D eigenvalue weighted by Gasteiger charge is -2.32. The highest BCUT2D eigenvalue weighted by Gasteiger charge is 2.26. The van der Waals surface area contributed by atoms with Gasteiger partial charge in [0, 0.05) is 28.5 Å². The Morgan fingerprint density at radius 2 is 2.08 bits per heavy atom. The number of rotatable bonds is 4. The van der Waals surface area contributed by atoms with Crippen LogP contribution in [0.1, 0.15) is 29.8 Å². The molecule has 7 heteroatoms. The number of ether oxygens (including phenoxy) is 1. The Labute approximate surface area is 157 Å². The number of hydrogen-bond acceptors (Lipinski definition) is 4. The van der Waals surface area contributed by atoms with E-state index in [-0.39, 0.29) is 29.0 Å². The maximum atomic E-state index is 13.9. The Morgan fingerprint density at radius 3 is 2.77 bits per heavy atom. The predicted octanol–water partition coefficient (Wildman–Crippen LogP) is 3.50. The standard InChI is InChI=1S/C19H21ClFN3O2/c1-12-9-13(2)23-19(22-12)26-14-5-4-8-24(11-14)18(25)10-15-16(20)6-3-7-17(15)21/h3,6-7,9,14H,4-5,8,10-11H2,1-2H3. The average Bonchev–Trinajstić information content (AvgIpc) is 2.57. The lowest BCUT2D eigenvalue weighted by molar-refractivity contribution is -0.133. The molecule has 0 bridgehead atoms. The van der Waals surface area contributed by atoms with Crippen LogP contribution in [0.3, 0.4) is 0 Å². The van der Waals surface area contributed by atoms with E-state index >= 15 is 0 Å². The fraction of sp³-hybridized carbons (Fsp3) is 0.421. The van der Waals surface area contributed by atoms with Gasteiger partial charge in [0.1, 0.15) is 11.9 Å². The van der Waals surface area contributed by atoms with Gasteiger partial charge in [0.2, 0.25) is 5.91 Å². The van der Waals surface area contributed by atoms with Gasteiger partial charge in [0.25, 0.3) is 0 Å². The topological polar surface area (TPSA) is 55.3 Å². The first-order valence-corrected chi connectivity index (χ1v) is 9.00. The number of nitrogens with zero attached hydrogens (tertiary/aromatic N) is 3. The van der Waals surface area contributed by atoms with Crippen molar-refractivity contribution in [1.82, 2.24) is 14.9 Å². The minimum atomic E-state index is -0.459. The number of aryl methyl sites for hydroxylation is 2. The van der Waals surface area contributed by atoms with E-state index in [1.165, 1.54) is 12.1 Å². The summed E-state index contributed by atoms with van der Waals surface area (Å²) in [5.41, 5.74) is 1.91. The first-order chi connectivity index (χ1) is 12.4. The Morgan fingerprint density at radius 1 is 1.35 bits per heavy atom. The fourth-order valence-corrected chi connectivity index (χ4v) is 3.35. The van der Waals surface area contributed by atoms with Gasteiger partial charge in [-0.2, -0.15) is 0 Å². The summed E-state index contributed by atoms with van der Waals surface area (Å²) in [7, 11) is 0. The zero-order valence-electron chi connectivity index (χ0n) is 14.8. The maximum absolute atomic E-state index is 13.9. The first kappa shape index (κ1) is 18.6. The SMILES string of the molecule is Cc1cc(C)nc(OC2CCCN(C(=O)Cc3c(F)cccc3Cl)C2)n1. The summed E-state index contributed by atoms with van der Waals surface area (Å²) in [4.78, 5) is 22.9. The van der Waals surface area contributed by atoms with Crippen LogP contribution in [-0.2, 0) is 11.2 Å². The number of likely N-dealkylation sites (tertiary alicyclic amines) is 1. The van der Waals surface area contributed by atoms with Crippen LogP contribution in [-0.4, -0.2) is 40.0 Å². The summed E-state index contributed by atoms with van der Waals surface area (Å²) in [6, 6.07) is 6.64. The second-order valence-electron chi connectivity index (χ2n) is 6.53. The summed E-state index contributed by atoms with van der Waals surface area (Å²) in [5, 5.41) is 0.270. The lowest BCUT2D eigenvalue weighted by atomic mass is 10.1. The van der Waals surface area contributed by atoms with E-state index < -0.39 is 5.82 Å². The number of benzene rings is 1. The van der Waals surface area contributed by atoms with Crippen LogP contribution in [0.15, 0.2) is 24.3 Å². The zero-order chi connectivity index (χ0) is 18.7. The Hall–Kier alpha value is -2.21. The van der Waals surface area contributed by atoms with E-state index in [2.05, 4.69) is 9.97 Å². The number of piperidine rings is 1. The summed E-state index contributed by atoms with van der Waals surface area (Å²) in [5.74, 6) is -0.620.